The molecule has 0 radical (unpaired) electrons. The highest BCUT2D eigenvalue weighted by Gasteiger charge is 2.08. The molecule has 3 N–H and O–H groups in total. The molecule has 0 fully saturated rings. The Morgan fingerprint density at radius 3 is 2.89 bits per heavy atom. The molecule has 0 aromatic heterocycles. The van der Waals surface area contributed by atoms with Crippen LogP contribution in [0.25, 0.3) is 0 Å². The van der Waals surface area contributed by atoms with Gasteiger partial charge in [-0.1, -0.05) is 24.9 Å². The third-order valence-corrected chi connectivity index (χ3v) is 2.72. The zero-order chi connectivity index (χ0) is 13.5. The Bertz CT molecular complexity index is 410. The Morgan fingerprint density at radius 1 is 1.56 bits per heavy atom. The van der Waals surface area contributed by atoms with Crippen LogP contribution in [-0.2, 0) is 9.53 Å². The van der Waals surface area contributed by atoms with E-state index in [9.17, 15) is 4.79 Å². The smallest absolute Gasteiger partial charge is 0.250 e. The van der Waals surface area contributed by atoms with E-state index in [1.165, 1.54) is 0 Å². The van der Waals surface area contributed by atoms with Crippen LogP contribution < -0.4 is 11.1 Å². The molecule has 4 nitrogen and oxygen atoms in total. The molecule has 0 aliphatic heterocycles. The molecule has 0 aliphatic carbocycles. The van der Waals surface area contributed by atoms with Crippen molar-refractivity contribution < 1.29 is 9.53 Å². The first kappa shape index (κ1) is 14.8. The van der Waals surface area contributed by atoms with Gasteiger partial charge in [0.05, 0.1) is 17.5 Å². The van der Waals surface area contributed by atoms with Gasteiger partial charge in [-0.15, -0.1) is 0 Å². The second-order valence-corrected chi connectivity index (χ2v) is 4.63. The third kappa shape index (κ3) is 4.94. The van der Waals surface area contributed by atoms with Crippen LogP contribution in [0.4, 0.5) is 11.4 Å². The SMILES string of the molecule is CCCC(C)OCC(=O)Nc1ccc(Cl)cc1N. The van der Waals surface area contributed by atoms with Gasteiger partial charge in [0.15, 0.2) is 0 Å². The number of halogens is 1. The van der Waals surface area contributed by atoms with Crippen LogP contribution >= 0.6 is 11.6 Å². The summed E-state index contributed by atoms with van der Waals surface area (Å²) in [6, 6.07) is 4.94. The number of anilines is 2. The van der Waals surface area contributed by atoms with Gasteiger partial charge in [0.2, 0.25) is 5.91 Å². The van der Waals surface area contributed by atoms with E-state index in [4.69, 9.17) is 22.1 Å². The molecule has 1 aromatic rings. The Balaban J connectivity index is 2.44. The highest BCUT2D eigenvalue weighted by atomic mass is 35.5. The van der Waals surface area contributed by atoms with Crippen molar-refractivity contribution in [3.63, 3.8) is 0 Å². The summed E-state index contributed by atoms with van der Waals surface area (Å²) in [6.07, 6.45) is 2.06. The fraction of sp³-hybridized carbons (Fsp3) is 0.462. The van der Waals surface area contributed by atoms with Gasteiger partial charge >= 0.3 is 0 Å². The lowest BCUT2D eigenvalue weighted by Gasteiger charge is -2.12. The van der Waals surface area contributed by atoms with E-state index in [2.05, 4.69) is 12.2 Å². The molecule has 0 bridgehead atoms. The largest absolute Gasteiger partial charge is 0.397 e. The molecule has 0 heterocycles. The Morgan fingerprint density at radius 2 is 2.28 bits per heavy atom. The maximum atomic E-state index is 11.6. The van der Waals surface area contributed by atoms with Crippen molar-refractivity contribution in [2.75, 3.05) is 17.7 Å². The number of hydrogen-bond donors (Lipinski definition) is 2. The first-order valence-corrected chi connectivity index (χ1v) is 6.37. The number of rotatable bonds is 6. The lowest BCUT2D eigenvalue weighted by Crippen LogP contribution is -2.22. The minimum Gasteiger partial charge on any atom is -0.397 e. The monoisotopic (exact) mass is 270 g/mol. The van der Waals surface area contributed by atoms with Crippen LogP contribution in [0.1, 0.15) is 26.7 Å². The van der Waals surface area contributed by atoms with Crippen molar-refractivity contribution in [2.45, 2.75) is 32.8 Å². The minimum absolute atomic E-state index is 0.0310. The number of nitrogen functional groups attached to an aromatic ring is 1. The van der Waals surface area contributed by atoms with Gasteiger partial charge < -0.3 is 15.8 Å². The minimum atomic E-state index is -0.216. The number of hydrogen-bond acceptors (Lipinski definition) is 3. The molecule has 0 spiro atoms. The maximum absolute atomic E-state index is 11.6. The van der Waals surface area contributed by atoms with Crippen molar-refractivity contribution in [1.29, 1.82) is 0 Å². The standard InChI is InChI=1S/C13H19ClN2O2/c1-3-4-9(2)18-8-13(17)16-12-6-5-10(14)7-11(12)15/h5-7,9H,3-4,8,15H2,1-2H3,(H,16,17). The lowest BCUT2D eigenvalue weighted by atomic mass is 10.2. The van der Waals surface area contributed by atoms with Gasteiger partial charge in [-0.3, -0.25) is 4.79 Å². The zero-order valence-corrected chi connectivity index (χ0v) is 11.5. The number of nitrogens with one attached hydrogen (secondary N) is 1. The number of ether oxygens (including phenoxy) is 1. The van der Waals surface area contributed by atoms with Crippen LogP contribution in [0.2, 0.25) is 5.02 Å². The fourth-order valence-electron chi connectivity index (χ4n) is 1.54. The van der Waals surface area contributed by atoms with E-state index >= 15 is 0 Å². The fourth-order valence-corrected chi connectivity index (χ4v) is 1.72. The second kappa shape index (κ2) is 7.24. The summed E-state index contributed by atoms with van der Waals surface area (Å²) in [6.45, 7) is 4.06. The third-order valence-electron chi connectivity index (χ3n) is 2.48. The molecule has 100 valence electrons. The van der Waals surface area contributed by atoms with Crippen LogP contribution in [0.3, 0.4) is 0 Å². The summed E-state index contributed by atoms with van der Waals surface area (Å²) < 4.78 is 5.40. The van der Waals surface area contributed by atoms with Gasteiger partial charge in [-0.05, 0) is 31.5 Å². The summed E-state index contributed by atoms with van der Waals surface area (Å²) in [5, 5.41) is 3.23. The number of nitrogens with two attached hydrogens (primary N) is 1. The Hall–Kier alpha value is -1.26. The van der Waals surface area contributed by atoms with E-state index in [0.717, 1.165) is 12.8 Å². The number of benzene rings is 1. The van der Waals surface area contributed by atoms with E-state index in [1.807, 2.05) is 6.92 Å². The van der Waals surface area contributed by atoms with Crippen LogP contribution in [0, 0.1) is 0 Å². The van der Waals surface area contributed by atoms with Gasteiger partial charge in [0, 0.05) is 5.02 Å². The highest BCUT2D eigenvalue weighted by molar-refractivity contribution is 6.31. The summed E-state index contributed by atoms with van der Waals surface area (Å²) >= 11 is 5.77. The molecule has 1 aromatic carbocycles. The highest BCUT2D eigenvalue weighted by Crippen LogP contribution is 2.22. The molecule has 0 saturated heterocycles. The molecular formula is C13H19ClN2O2. The number of carbonyl (C=O) groups excluding carboxylic acids is 1. The normalized spacial score (nSPS) is 12.2. The van der Waals surface area contributed by atoms with Crippen molar-refractivity contribution in [3.05, 3.63) is 23.2 Å². The molecule has 1 amide bonds. The van der Waals surface area contributed by atoms with Crippen molar-refractivity contribution in [1.82, 2.24) is 0 Å². The zero-order valence-electron chi connectivity index (χ0n) is 10.7. The van der Waals surface area contributed by atoms with Crippen molar-refractivity contribution in [3.8, 4) is 0 Å². The topological polar surface area (TPSA) is 64.3 Å². The maximum Gasteiger partial charge on any atom is 0.250 e. The van der Waals surface area contributed by atoms with Gasteiger partial charge in [-0.2, -0.15) is 0 Å². The summed E-state index contributed by atoms with van der Waals surface area (Å²) in [4.78, 5) is 11.6. The predicted octanol–water partition coefficient (Wildman–Crippen LogP) is 3.07. The molecule has 1 rings (SSSR count). The molecule has 1 atom stereocenters. The first-order chi connectivity index (χ1) is 8.52. The molecule has 1 unspecified atom stereocenters. The van der Waals surface area contributed by atoms with Gasteiger partial charge in [0.25, 0.3) is 0 Å². The van der Waals surface area contributed by atoms with Crippen molar-refractivity contribution >= 4 is 28.9 Å². The molecule has 18 heavy (non-hydrogen) atoms. The number of carbonyl (C=O) groups is 1. The quantitative estimate of drug-likeness (QED) is 0.781. The molecular weight excluding hydrogens is 252 g/mol. The Kier molecular flexibility index (Phi) is 5.95. The van der Waals surface area contributed by atoms with Crippen LogP contribution in [0.5, 0.6) is 0 Å². The first-order valence-electron chi connectivity index (χ1n) is 5.99. The van der Waals surface area contributed by atoms with E-state index < -0.39 is 0 Å². The van der Waals surface area contributed by atoms with Gasteiger partial charge in [0.1, 0.15) is 6.61 Å². The van der Waals surface area contributed by atoms with E-state index in [1.54, 1.807) is 18.2 Å². The Labute approximate surface area is 112 Å². The van der Waals surface area contributed by atoms with Crippen LogP contribution in [0.15, 0.2) is 18.2 Å². The summed E-state index contributed by atoms with van der Waals surface area (Å²) in [5.41, 5.74) is 6.73. The van der Waals surface area contributed by atoms with E-state index in [-0.39, 0.29) is 18.6 Å². The summed E-state index contributed by atoms with van der Waals surface area (Å²) in [7, 11) is 0. The number of amides is 1. The molecule has 0 aliphatic rings. The average molecular weight is 271 g/mol. The summed E-state index contributed by atoms with van der Waals surface area (Å²) in [5.74, 6) is -0.216. The predicted molar refractivity (Wildman–Crippen MR) is 74.8 cm³/mol. The van der Waals surface area contributed by atoms with Crippen LogP contribution in [-0.4, -0.2) is 18.6 Å². The molecule has 5 heteroatoms. The molecule has 0 saturated carbocycles. The average Bonchev–Trinajstić information content (AvgIpc) is 2.31. The lowest BCUT2D eigenvalue weighted by molar-refractivity contribution is -0.122. The van der Waals surface area contributed by atoms with Crippen molar-refractivity contribution in [2.24, 2.45) is 0 Å². The van der Waals surface area contributed by atoms with E-state index in [0.29, 0.717) is 16.4 Å². The second-order valence-electron chi connectivity index (χ2n) is 4.19. The van der Waals surface area contributed by atoms with Gasteiger partial charge in [-0.25, -0.2) is 0 Å².